The van der Waals surface area contributed by atoms with E-state index >= 15 is 0 Å². The first-order valence-electron chi connectivity index (χ1n) is 10.0. The second kappa shape index (κ2) is 8.60. The van der Waals surface area contributed by atoms with Crippen LogP contribution >= 0.6 is 0 Å². The minimum Gasteiger partial charge on any atom is -0.485 e. The smallest absolute Gasteiger partial charge is 0.316 e. The first-order chi connectivity index (χ1) is 14.1. The zero-order valence-electron chi connectivity index (χ0n) is 16.4. The zero-order chi connectivity index (χ0) is 20.2. The zero-order valence-corrected chi connectivity index (χ0v) is 16.4. The van der Waals surface area contributed by atoms with Crippen molar-refractivity contribution in [1.29, 1.82) is 0 Å². The average molecular weight is 399 g/mol. The molecule has 2 aliphatic rings. The number of hydrogen-bond donors (Lipinski definition) is 2. The van der Waals surface area contributed by atoms with Gasteiger partial charge < -0.3 is 19.9 Å². The third-order valence-electron chi connectivity index (χ3n) is 5.41. The van der Waals surface area contributed by atoms with E-state index in [9.17, 15) is 9.59 Å². The topological polar surface area (TPSA) is 110 Å². The maximum absolute atomic E-state index is 12.3. The summed E-state index contributed by atoms with van der Waals surface area (Å²) in [5.74, 6) is 0.435. The van der Waals surface area contributed by atoms with Gasteiger partial charge in [0.25, 0.3) is 0 Å². The molecule has 1 atom stereocenters. The van der Waals surface area contributed by atoms with Crippen molar-refractivity contribution in [3.63, 3.8) is 0 Å². The van der Waals surface area contributed by atoms with Crippen molar-refractivity contribution >= 4 is 17.5 Å². The van der Waals surface area contributed by atoms with Gasteiger partial charge in [0.1, 0.15) is 5.75 Å². The lowest BCUT2D eigenvalue weighted by molar-refractivity contribution is -0.116. The lowest BCUT2D eigenvalue weighted by Gasteiger charge is -2.22. The van der Waals surface area contributed by atoms with Crippen molar-refractivity contribution in [2.75, 3.05) is 25.0 Å². The number of nitrogens with one attached hydrogen (secondary N) is 2. The van der Waals surface area contributed by atoms with Crippen LogP contribution in [0.15, 0.2) is 22.7 Å². The number of aromatic nitrogens is 2. The molecule has 0 aliphatic carbocycles. The van der Waals surface area contributed by atoms with Gasteiger partial charge >= 0.3 is 11.8 Å². The van der Waals surface area contributed by atoms with Gasteiger partial charge in [-0.3, -0.25) is 14.5 Å². The third kappa shape index (κ3) is 4.56. The van der Waals surface area contributed by atoms with E-state index in [0.29, 0.717) is 24.8 Å². The Morgan fingerprint density at radius 1 is 1.41 bits per heavy atom. The molecule has 154 valence electrons. The molecule has 2 aromatic rings. The predicted octanol–water partition coefficient (Wildman–Crippen LogP) is 1.75. The molecular formula is C20H25N5O4. The maximum Gasteiger partial charge on any atom is 0.316 e. The van der Waals surface area contributed by atoms with Crippen molar-refractivity contribution in [3.05, 3.63) is 35.5 Å². The van der Waals surface area contributed by atoms with Gasteiger partial charge in [-0.2, -0.15) is 4.98 Å². The number of likely N-dealkylation sites (tertiary alicyclic amines) is 1. The molecule has 0 bridgehead atoms. The van der Waals surface area contributed by atoms with Crippen LogP contribution in [-0.2, 0) is 17.8 Å². The summed E-state index contributed by atoms with van der Waals surface area (Å²) in [6.45, 7) is 4.82. The van der Waals surface area contributed by atoms with E-state index in [0.717, 1.165) is 43.6 Å². The fourth-order valence-electron chi connectivity index (χ4n) is 3.82. The molecule has 9 heteroatoms. The van der Waals surface area contributed by atoms with E-state index in [1.165, 1.54) is 0 Å². The highest BCUT2D eigenvalue weighted by atomic mass is 16.5. The number of hydrogen-bond acceptors (Lipinski definition) is 7. The first kappa shape index (κ1) is 19.4. The van der Waals surface area contributed by atoms with Crippen molar-refractivity contribution in [2.24, 2.45) is 0 Å². The number of carbonyl (C=O) groups is 2. The monoisotopic (exact) mass is 399 g/mol. The third-order valence-corrected chi connectivity index (χ3v) is 5.41. The molecule has 1 aromatic carbocycles. The summed E-state index contributed by atoms with van der Waals surface area (Å²) in [5, 5.41) is 9.52. The molecule has 2 N–H and O–H groups in total. The first-order valence-corrected chi connectivity index (χ1v) is 10.0. The van der Waals surface area contributed by atoms with Gasteiger partial charge in [-0.15, -0.1) is 0 Å². The van der Waals surface area contributed by atoms with Crippen LogP contribution in [0.25, 0.3) is 0 Å². The molecular weight excluding hydrogens is 374 g/mol. The molecule has 1 aromatic heterocycles. The fraction of sp³-hybridized carbons (Fsp3) is 0.500. The van der Waals surface area contributed by atoms with Crippen LogP contribution in [0, 0.1) is 0 Å². The van der Waals surface area contributed by atoms with Crippen LogP contribution in [-0.4, -0.2) is 52.5 Å². The Kier molecular flexibility index (Phi) is 5.75. The highest BCUT2D eigenvalue weighted by Gasteiger charge is 2.24. The number of aryl methyl sites for hydroxylation is 1. The van der Waals surface area contributed by atoms with Gasteiger partial charge in [-0.1, -0.05) is 18.1 Å². The highest BCUT2D eigenvalue weighted by molar-refractivity contribution is 5.94. The SMILES string of the molecule is CCN1CCCC1CNC(=O)c1nc(COc2ccc3c(c2)NC(=O)CC3)no1. The van der Waals surface area contributed by atoms with Crippen LogP contribution in [0.1, 0.15) is 48.3 Å². The molecule has 0 saturated carbocycles. The van der Waals surface area contributed by atoms with E-state index in [-0.39, 0.29) is 30.1 Å². The Bertz CT molecular complexity index is 897. The van der Waals surface area contributed by atoms with Gasteiger partial charge in [0, 0.05) is 30.8 Å². The molecule has 0 radical (unpaired) electrons. The van der Waals surface area contributed by atoms with E-state index < -0.39 is 0 Å². The van der Waals surface area contributed by atoms with Crippen LogP contribution in [0.5, 0.6) is 5.75 Å². The predicted molar refractivity (Wildman–Crippen MR) is 105 cm³/mol. The standard InChI is InChI=1S/C20H25N5O4/c1-2-25-9-3-4-14(25)11-21-19(27)20-23-17(24-29-20)12-28-15-7-5-13-6-8-18(26)22-16(13)10-15/h5,7,10,14H,2-4,6,8-9,11-12H2,1H3,(H,21,27)(H,22,26). The van der Waals surface area contributed by atoms with Gasteiger partial charge in [0.15, 0.2) is 6.61 Å². The second-order valence-corrected chi connectivity index (χ2v) is 7.31. The van der Waals surface area contributed by atoms with Crippen LogP contribution in [0.4, 0.5) is 5.69 Å². The Morgan fingerprint density at radius 2 is 2.31 bits per heavy atom. The summed E-state index contributed by atoms with van der Waals surface area (Å²) >= 11 is 0. The molecule has 1 saturated heterocycles. The van der Waals surface area contributed by atoms with E-state index in [1.54, 1.807) is 6.07 Å². The quantitative estimate of drug-likeness (QED) is 0.730. The van der Waals surface area contributed by atoms with Crippen molar-refractivity contribution in [1.82, 2.24) is 20.4 Å². The minimum absolute atomic E-state index is 0.00290. The molecule has 1 fully saturated rings. The highest BCUT2D eigenvalue weighted by Crippen LogP contribution is 2.27. The Labute approximate surface area is 168 Å². The van der Waals surface area contributed by atoms with E-state index in [4.69, 9.17) is 9.26 Å². The van der Waals surface area contributed by atoms with Gasteiger partial charge in [0.2, 0.25) is 11.7 Å². The van der Waals surface area contributed by atoms with Gasteiger partial charge in [0.05, 0.1) is 0 Å². The molecule has 29 heavy (non-hydrogen) atoms. The molecule has 2 amide bonds. The number of likely N-dealkylation sites (N-methyl/N-ethyl adjacent to an activating group) is 1. The lowest BCUT2D eigenvalue weighted by atomic mass is 10.0. The minimum atomic E-state index is -0.372. The van der Waals surface area contributed by atoms with Crippen molar-refractivity contribution in [2.45, 2.75) is 45.3 Å². The number of ether oxygens (including phenoxy) is 1. The van der Waals surface area contributed by atoms with Crippen LogP contribution in [0.2, 0.25) is 0 Å². The van der Waals surface area contributed by atoms with Gasteiger partial charge in [-0.05, 0) is 44.0 Å². The molecule has 1 unspecified atom stereocenters. The lowest BCUT2D eigenvalue weighted by Crippen LogP contribution is -2.40. The van der Waals surface area contributed by atoms with Crippen LogP contribution in [0.3, 0.4) is 0 Å². The fourth-order valence-corrected chi connectivity index (χ4v) is 3.82. The Hall–Kier alpha value is -2.94. The summed E-state index contributed by atoms with van der Waals surface area (Å²) in [6, 6.07) is 5.91. The number of anilines is 1. The summed E-state index contributed by atoms with van der Waals surface area (Å²) < 4.78 is 10.7. The molecule has 3 heterocycles. The Morgan fingerprint density at radius 3 is 3.17 bits per heavy atom. The molecule has 0 spiro atoms. The van der Waals surface area contributed by atoms with Crippen molar-refractivity contribution < 1.29 is 18.8 Å². The number of nitrogens with zero attached hydrogens (tertiary/aromatic N) is 3. The largest absolute Gasteiger partial charge is 0.485 e. The number of rotatable bonds is 7. The summed E-state index contributed by atoms with van der Waals surface area (Å²) in [5.41, 5.74) is 1.85. The Balaban J connectivity index is 1.29. The van der Waals surface area contributed by atoms with E-state index in [2.05, 4.69) is 32.6 Å². The second-order valence-electron chi connectivity index (χ2n) is 7.31. The molecule has 4 rings (SSSR count). The number of amides is 2. The van der Waals surface area contributed by atoms with E-state index in [1.807, 2.05) is 12.1 Å². The molecule has 9 nitrogen and oxygen atoms in total. The number of fused-ring (bicyclic) bond motifs is 1. The normalized spacial score (nSPS) is 18.9. The number of benzene rings is 1. The van der Waals surface area contributed by atoms with Gasteiger partial charge in [-0.25, -0.2) is 0 Å². The maximum atomic E-state index is 12.3. The number of carbonyl (C=O) groups excluding carboxylic acids is 2. The summed E-state index contributed by atoms with van der Waals surface area (Å²) in [6.07, 6.45) is 3.46. The summed E-state index contributed by atoms with van der Waals surface area (Å²) in [7, 11) is 0. The average Bonchev–Trinajstić information content (AvgIpc) is 3.39. The summed E-state index contributed by atoms with van der Waals surface area (Å²) in [4.78, 5) is 30.3. The molecule has 2 aliphatic heterocycles. The van der Waals surface area contributed by atoms with Crippen molar-refractivity contribution in [3.8, 4) is 5.75 Å². The van der Waals surface area contributed by atoms with Crippen LogP contribution < -0.4 is 15.4 Å².